The second kappa shape index (κ2) is 2.71. The number of carbonyl (C=O) groups is 1. The van der Waals surface area contributed by atoms with Crippen LogP contribution >= 0.6 is 0 Å². The summed E-state index contributed by atoms with van der Waals surface area (Å²) in [5, 5.41) is 0. The van der Waals surface area contributed by atoms with Crippen molar-refractivity contribution in [1.82, 2.24) is 0 Å². The summed E-state index contributed by atoms with van der Waals surface area (Å²) in [7, 11) is 0. The van der Waals surface area contributed by atoms with Gasteiger partial charge in [-0.3, -0.25) is 4.79 Å². The van der Waals surface area contributed by atoms with Crippen LogP contribution in [0.3, 0.4) is 0 Å². The Hall–Kier alpha value is -1.57. The van der Waals surface area contributed by atoms with Crippen molar-refractivity contribution in [2.75, 3.05) is 0 Å². The quantitative estimate of drug-likeness (QED) is 0.462. The van der Waals surface area contributed by atoms with Crippen molar-refractivity contribution < 1.29 is 9.53 Å². The van der Waals surface area contributed by atoms with Gasteiger partial charge in [-0.25, -0.2) is 0 Å². The summed E-state index contributed by atoms with van der Waals surface area (Å²) >= 11 is 0. The third-order valence-corrected chi connectivity index (χ3v) is 2.68. The summed E-state index contributed by atoms with van der Waals surface area (Å²) in [6.07, 6.45) is 0. The van der Waals surface area contributed by atoms with E-state index in [2.05, 4.69) is 6.58 Å². The van der Waals surface area contributed by atoms with E-state index in [0.717, 1.165) is 11.1 Å². The molecule has 0 N–H and O–H groups in total. The molecule has 2 heteroatoms. The summed E-state index contributed by atoms with van der Waals surface area (Å²) < 4.78 is 5.22. The van der Waals surface area contributed by atoms with Crippen LogP contribution in [0.25, 0.3) is 5.57 Å². The van der Waals surface area contributed by atoms with E-state index >= 15 is 0 Å². The molecule has 14 heavy (non-hydrogen) atoms. The highest BCUT2D eigenvalue weighted by Gasteiger charge is 2.38. The number of esters is 1. The standard InChI is InChI=1S/C12H12O2/c1-8-9-6-4-5-7-10(9)14-11(13)12(8,2)3/h4-7H,1H2,2-3H3. The molecule has 0 bridgehead atoms. The lowest BCUT2D eigenvalue weighted by atomic mass is 9.79. The lowest BCUT2D eigenvalue weighted by Gasteiger charge is -2.31. The van der Waals surface area contributed by atoms with Gasteiger partial charge in [0.1, 0.15) is 5.75 Å². The molecule has 0 aromatic heterocycles. The van der Waals surface area contributed by atoms with Crippen molar-refractivity contribution in [3.8, 4) is 5.75 Å². The lowest BCUT2D eigenvalue weighted by molar-refractivity contribution is -0.141. The average molecular weight is 188 g/mol. The van der Waals surface area contributed by atoms with Crippen LogP contribution in [-0.2, 0) is 4.79 Å². The molecule has 0 atom stereocenters. The summed E-state index contributed by atoms with van der Waals surface area (Å²) in [5.41, 5.74) is 1.13. The normalized spacial score (nSPS) is 18.7. The van der Waals surface area contributed by atoms with Crippen molar-refractivity contribution in [2.24, 2.45) is 5.41 Å². The molecule has 1 aromatic rings. The third kappa shape index (κ3) is 1.07. The van der Waals surface area contributed by atoms with E-state index < -0.39 is 5.41 Å². The van der Waals surface area contributed by atoms with E-state index in [0.29, 0.717) is 5.75 Å². The Bertz CT molecular complexity index is 416. The van der Waals surface area contributed by atoms with E-state index in [9.17, 15) is 4.79 Å². The van der Waals surface area contributed by atoms with Gasteiger partial charge in [0, 0.05) is 5.56 Å². The Morgan fingerprint density at radius 3 is 2.64 bits per heavy atom. The molecule has 2 nitrogen and oxygen atoms in total. The largest absolute Gasteiger partial charge is 0.425 e. The predicted octanol–water partition coefficient (Wildman–Crippen LogP) is 2.65. The molecule has 0 spiro atoms. The molecule has 1 aromatic carbocycles. The molecule has 0 radical (unpaired) electrons. The fraction of sp³-hybridized carbons (Fsp3) is 0.250. The minimum absolute atomic E-state index is 0.235. The Kier molecular flexibility index (Phi) is 1.74. The first-order valence-electron chi connectivity index (χ1n) is 4.54. The summed E-state index contributed by atoms with van der Waals surface area (Å²) in [6, 6.07) is 7.47. The summed E-state index contributed by atoms with van der Waals surface area (Å²) in [4.78, 5) is 11.6. The van der Waals surface area contributed by atoms with Crippen molar-refractivity contribution in [2.45, 2.75) is 13.8 Å². The number of hydrogen-bond acceptors (Lipinski definition) is 2. The number of carbonyl (C=O) groups excluding carboxylic acids is 1. The average Bonchev–Trinajstić information content (AvgIpc) is 2.15. The van der Waals surface area contributed by atoms with Crippen LogP contribution in [-0.4, -0.2) is 5.97 Å². The fourth-order valence-electron chi connectivity index (χ4n) is 1.49. The topological polar surface area (TPSA) is 26.3 Å². The minimum atomic E-state index is -0.617. The maximum Gasteiger partial charge on any atom is 0.321 e. The molecule has 0 saturated heterocycles. The van der Waals surface area contributed by atoms with Gasteiger partial charge in [0.05, 0.1) is 5.41 Å². The van der Waals surface area contributed by atoms with Crippen LogP contribution in [0.15, 0.2) is 30.8 Å². The number of para-hydroxylation sites is 1. The molecular weight excluding hydrogens is 176 g/mol. The van der Waals surface area contributed by atoms with Gasteiger partial charge in [-0.2, -0.15) is 0 Å². The zero-order chi connectivity index (χ0) is 10.3. The maximum absolute atomic E-state index is 11.6. The van der Waals surface area contributed by atoms with E-state index in [1.807, 2.05) is 32.0 Å². The van der Waals surface area contributed by atoms with Gasteiger partial charge >= 0.3 is 5.97 Å². The highest BCUT2D eigenvalue weighted by molar-refractivity contribution is 5.97. The number of fused-ring (bicyclic) bond motifs is 1. The molecule has 1 aliphatic rings. The smallest absolute Gasteiger partial charge is 0.321 e. The number of benzene rings is 1. The van der Waals surface area contributed by atoms with Crippen LogP contribution in [0.2, 0.25) is 0 Å². The Labute approximate surface area is 83.2 Å². The second-order valence-corrected chi connectivity index (χ2v) is 3.99. The SMILES string of the molecule is C=C1c2ccccc2OC(=O)C1(C)C. The molecule has 0 amide bonds. The molecule has 0 saturated carbocycles. The monoisotopic (exact) mass is 188 g/mol. The van der Waals surface area contributed by atoms with Crippen LogP contribution < -0.4 is 4.74 Å². The van der Waals surface area contributed by atoms with Gasteiger partial charge in [0.15, 0.2) is 0 Å². The fourth-order valence-corrected chi connectivity index (χ4v) is 1.49. The number of rotatable bonds is 0. The minimum Gasteiger partial charge on any atom is -0.425 e. The van der Waals surface area contributed by atoms with Crippen LogP contribution in [0.4, 0.5) is 0 Å². The zero-order valence-corrected chi connectivity index (χ0v) is 8.33. The Balaban J connectivity index is 2.61. The predicted molar refractivity (Wildman–Crippen MR) is 54.9 cm³/mol. The van der Waals surface area contributed by atoms with Gasteiger partial charge in [-0.15, -0.1) is 0 Å². The molecule has 72 valence electrons. The van der Waals surface area contributed by atoms with Gasteiger partial charge < -0.3 is 4.74 Å². The molecule has 2 rings (SSSR count). The lowest BCUT2D eigenvalue weighted by Crippen LogP contribution is -2.33. The van der Waals surface area contributed by atoms with E-state index in [4.69, 9.17) is 4.74 Å². The maximum atomic E-state index is 11.6. The van der Waals surface area contributed by atoms with E-state index in [1.54, 1.807) is 6.07 Å². The Morgan fingerprint density at radius 2 is 1.93 bits per heavy atom. The van der Waals surface area contributed by atoms with Crippen molar-refractivity contribution in [3.63, 3.8) is 0 Å². The molecule has 1 aliphatic heterocycles. The first kappa shape index (κ1) is 9.00. The molecule has 0 unspecified atom stereocenters. The Morgan fingerprint density at radius 1 is 1.29 bits per heavy atom. The van der Waals surface area contributed by atoms with Gasteiger partial charge in [-0.1, -0.05) is 24.8 Å². The van der Waals surface area contributed by atoms with E-state index in [1.165, 1.54) is 0 Å². The zero-order valence-electron chi connectivity index (χ0n) is 8.33. The van der Waals surface area contributed by atoms with Gasteiger partial charge in [0.2, 0.25) is 0 Å². The second-order valence-electron chi connectivity index (χ2n) is 3.99. The molecule has 1 heterocycles. The number of hydrogen-bond donors (Lipinski definition) is 0. The van der Waals surface area contributed by atoms with Crippen LogP contribution in [0, 0.1) is 5.41 Å². The molecular formula is C12H12O2. The van der Waals surface area contributed by atoms with Gasteiger partial charge in [0.25, 0.3) is 0 Å². The first-order valence-corrected chi connectivity index (χ1v) is 4.54. The van der Waals surface area contributed by atoms with Crippen LogP contribution in [0.5, 0.6) is 5.75 Å². The number of ether oxygens (including phenoxy) is 1. The van der Waals surface area contributed by atoms with E-state index in [-0.39, 0.29) is 5.97 Å². The van der Waals surface area contributed by atoms with Gasteiger partial charge in [-0.05, 0) is 25.5 Å². The van der Waals surface area contributed by atoms with Crippen molar-refractivity contribution in [3.05, 3.63) is 36.4 Å². The summed E-state index contributed by atoms with van der Waals surface area (Å²) in [6.45, 7) is 7.61. The van der Waals surface area contributed by atoms with Crippen LogP contribution in [0.1, 0.15) is 19.4 Å². The third-order valence-electron chi connectivity index (χ3n) is 2.68. The van der Waals surface area contributed by atoms with Crippen molar-refractivity contribution >= 4 is 11.5 Å². The highest BCUT2D eigenvalue weighted by Crippen LogP contribution is 2.42. The summed E-state index contributed by atoms with van der Waals surface area (Å²) in [5.74, 6) is 0.378. The molecule has 0 fully saturated rings. The first-order chi connectivity index (χ1) is 6.53. The van der Waals surface area contributed by atoms with Crippen molar-refractivity contribution in [1.29, 1.82) is 0 Å². The highest BCUT2D eigenvalue weighted by atomic mass is 16.5. The molecule has 0 aliphatic carbocycles.